The lowest BCUT2D eigenvalue weighted by atomic mass is 10.1. The van der Waals surface area contributed by atoms with Gasteiger partial charge in [-0.1, -0.05) is 0 Å². The summed E-state index contributed by atoms with van der Waals surface area (Å²) >= 11 is 1.37. The van der Waals surface area contributed by atoms with Crippen molar-refractivity contribution in [2.45, 2.75) is 18.9 Å². The monoisotopic (exact) mass is 349 g/mol. The third kappa shape index (κ3) is 3.97. The molecule has 0 saturated carbocycles. The summed E-state index contributed by atoms with van der Waals surface area (Å²) in [6.07, 6.45) is 4.97. The molecule has 0 spiro atoms. The highest BCUT2D eigenvalue weighted by Gasteiger charge is 2.23. The van der Waals surface area contributed by atoms with Gasteiger partial charge < -0.3 is 15.1 Å². The van der Waals surface area contributed by atoms with Crippen LogP contribution in [0, 0.1) is 0 Å². The Labute approximate surface area is 139 Å². The van der Waals surface area contributed by atoms with Crippen molar-refractivity contribution in [3.05, 3.63) is 29.5 Å². The molecule has 0 atom stereocenters. The number of aromatic nitrogens is 1. The van der Waals surface area contributed by atoms with E-state index in [1.54, 1.807) is 12.5 Å². The highest BCUT2D eigenvalue weighted by Crippen LogP contribution is 2.26. The zero-order chi connectivity index (χ0) is 13.2. The summed E-state index contributed by atoms with van der Waals surface area (Å²) in [5.41, 5.74) is 5.84. The van der Waals surface area contributed by atoms with E-state index < -0.39 is 0 Å². The molecule has 0 bridgehead atoms. The minimum atomic E-state index is 0. The molecular formula is C13H17Cl2N3O2S. The van der Waals surface area contributed by atoms with E-state index in [9.17, 15) is 4.79 Å². The molecule has 0 unspecified atom stereocenters. The zero-order valence-electron chi connectivity index (χ0n) is 11.2. The van der Waals surface area contributed by atoms with Crippen molar-refractivity contribution in [2.24, 2.45) is 5.73 Å². The summed E-state index contributed by atoms with van der Waals surface area (Å²) in [6, 6.07) is 3.88. The van der Waals surface area contributed by atoms with E-state index in [1.807, 2.05) is 17.0 Å². The second-order valence-electron chi connectivity index (χ2n) is 4.64. The number of carbonyl (C=O) groups is 1. The van der Waals surface area contributed by atoms with Crippen molar-refractivity contribution in [3.63, 3.8) is 0 Å². The summed E-state index contributed by atoms with van der Waals surface area (Å²) in [6.45, 7) is 1.46. The average Bonchev–Trinajstić information content (AvgIpc) is 3.10. The van der Waals surface area contributed by atoms with Gasteiger partial charge in [-0.3, -0.25) is 4.79 Å². The number of nitrogens with zero attached hydrogens (tertiary/aromatic N) is 2. The highest BCUT2D eigenvalue weighted by atomic mass is 35.5. The van der Waals surface area contributed by atoms with Crippen LogP contribution in [0.3, 0.4) is 0 Å². The molecule has 8 heteroatoms. The Morgan fingerprint density at radius 1 is 1.38 bits per heavy atom. The molecule has 3 heterocycles. The lowest BCUT2D eigenvalue weighted by Gasteiger charge is -2.29. The summed E-state index contributed by atoms with van der Waals surface area (Å²) in [7, 11) is 0. The molecule has 116 valence electrons. The fourth-order valence-electron chi connectivity index (χ4n) is 2.15. The van der Waals surface area contributed by atoms with Crippen LogP contribution in [0.1, 0.15) is 22.5 Å². The van der Waals surface area contributed by atoms with Gasteiger partial charge in [0.25, 0.3) is 5.91 Å². The van der Waals surface area contributed by atoms with Gasteiger partial charge in [-0.2, -0.15) is 0 Å². The Morgan fingerprint density at radius 3 is 2.71 bits per heavy atom. The Hall–Kier alpha value is -1.08. The number of likely N-dealkylation sites (tertiary alicyclic amines) is 1. The third-order valence-electron chi connectivity index (χ3n) is 3.28. The second kappa shape index (κ2) is 7.79. The number of nitrogens with two attached hydrogens (primary N) is 1. The number of amides is 1. The topological polar surface area (TPSA) is 72.4 Å². The van der Waals surface area contributed by atoms with Gasteiger partial charge in [-0.15, -0.1) is 36.2 Å². The zero-order valence-corrected chi connectivity index (χ0v) is 13.7. The SMILES string of the molecule is Cl.Cl.NC1CCN(C(=O)c2cnc(-c3ccco3)s2)CC1. The number of furan rings is 1. The molecule has 21 heavy (non-hydrogen) atoms. The molecule has 1 fully saturated rings. The molecule has 1 saturated heterocycles. The van der Waals surface area contributed by atoms with Gasteiger partial charge in [-0.25, -0.2) is 4.98 Å². The minimum absolute atomic E-state index is 0. The van der Waals surface area contributed by atoms with E-state index in [4.69, 9.17) is 10.2 Å². The maximum absolute atomic E-state index is 12.3. The lowest BCUT2D eigenvalue weighted by Crippen LogP contribution is -2.42. The molecule has 2 aromatic rings. The normalized spacial score (nSPS) is 15.2. The highest BCUT2D eigenvalue weighted by molar-refractivity contribution is 7.16. The van der Waals surface area contributed by atoms with Crippen molar-refractivity contribution in [1.29, 1.82) is 0 Å². The van der Waals surface area contributed by atoms with Crippen LogP contribution in [0.5, 0.6) is 0 Å². The standard InChI is InChI=1S/C13H15N3O2S.2ClH/c14-9-3-5-16(6-4-9)13(17)11-8-15-12(19-11)10-2-1-7-18-10;;/h1-2,7-9H,3-6,14H2;2*1H. The molecule has 0 aliphatic carbocycles. The molecule has 1 aliphatic rings. The molecule has 5 nitrogen and oxygen atoms in total. The number of piperidine rings is 1. The first kappa shape index (κ1) is 18.0. The fourth-order valence-corrected chi connectivity index (χ4v) is 3.00. The predicted octanol–water partition coefficient (Wildman–Crippen LogP) is 2.81. The van der Waals surface area contributed by atoms with Gasteiger partial charge in [0, 0.05) is 19.1 Å². The van der Waals surface area contributed by atoms with Crippen molar-refractivity contribution >= 4 is 42.1 Å². The number of rotatable bonds is 2. The fraction of sp³-hybridized carbons (Fsp3) is 0.385. The third-order valence-corrected chi connectivity index (χ3v) is 4.28. The summed E-state index contributed by atoms with van der Waals surface area (Å²) < 4.78 is 5.28. The van der Waals surface area contributed by atoms with Crippen LogP contribution < -0.4 is 5.73 Å². The maximum Gasteiger partial charge on any atom is 0.265 e. The molecule has 2 aromatic heterocycles. The molecule has 0 aromatic carbocycles. The number of thiazole rings is 1. The van der Waals surface area contributed by atoms with Crippen molar-refractivity contribution in [2.75, 3.05) is 13.1 Å². The van der Waals surface area contributed by atoms with Crippen LogP contribution >= 0.6 is 36.2 Å². The first-order chi connectivity index (χ1) is 9.24. The quantitative estimate of drug-likeness (QED) is 0.904. The van der Waals surface area contributed by atoms with Gasteiger partial charge in [-0.05, 0) is 25.0 Å². The van der Waals surface area contributed by atoms with E-state index in [0.717, 1.165) is 30.9 Å². The maximum atomic E-state index is 12.3. The van der Waals surface area contributed by atoms with Crippen LogP contribution in [0.25, 0.3) is 10.8 Å². The van der Waals surface area contributed by atoms with E-state index in [2.05, 4.69) is 4.98 Å². The summed E-state index contributed by atoms with van der Waals surface area (Å²) in [5, 5.41) is 0.738. The molecule has 2 N–H and O–H groups in total. The Balaban J connectivity index is 0.00000110. The van der Waals surface area contributed by atoms with Crippen molar-refractivity contribution < 1.29 is 9.21 Å². The van der Waals surface area contributed by atoms with E-state index in [0.29, 0.717) is 10.6 Å². The van der Waals surface area contributed by atoms with Gasteiger partial charge in [0.15, 0.2) is 10.8 Å². The van der Waals surface area contributed by atoms with Gasteiger partial charge >= 0.3 is 0 Å². The average molecular weight is 350 g/mol. The van der Waals surface area contributed by atoms with Crippen LogP contribution in [-0.2, 0) is 0 Å². The van der Waals surface area contributed by atoms with Crippen LogP contribution in [0.4, 0.5) is 0 Å². The first-order valence-electron chi connectivity index (χ1n) is 6.28. The molecule has 3 rings (SSSR count). The Bertz CT molecular complexity index is 566. The first-order valence-corrected chi connectivity index (χ1v) is 7.10. The molecule has 1 amide bonds. The Kier molecular flexibility index (Phi) is 6.67. The molecule has 1 aliphatic heterocycles. The minimum Gasteiger partial charge on any atom is -0.462 e. The van der Waals surface area contributed by atoms with E-state index >= 15 is 0 Å². The molecule has 0 radical (unpaired) electrons. The molecular weight excluding hydrogens is 333 g/mol. The van der Waals surface area contributed by atoms with Gasteiger partial charge in [0.2, 0.25) is 0 Å². The summed E-state index contributed by atoms with van der Waals surface area (Å²) in [5.74, 6) is 0.743. The van der Waals surface area contributed by atoms with Gasteiger partial charge in [0.1, 0.15) is 4.88 Å². The van der Waals surface area contributed by atoms with Crippen molar-refractivity contribution in [3.8, 4) is 10.8 Å². The van der Waals surface area contributed by atoms with Gasteiger partial charge in [0.05, 0.1) is 12.5 Å². The van der Waals surface area contributed by atoms with Crippen LogP contribution in [0.15, 0.2) is 29.0 Å². The lowest BCUT2D eigenvalue weighted by molar-refractivity contribution is 0.0719. The predicted molar refractivity (Wildman–Crippen MR) is 87.4 cm³/mol. The number of hydrogen-bond acceptors (Lipinski definition) is 5. The van der Waals surface area contributed by atoms with E-state index in [1.165, 1.54) is 11.3 Å². The number of carbonyl (C=O) groups excluding carboxylic acids is 1. The second-order valence-corrected chi connectivity index (χ2v) is 5.67. The summed E-state index contributed by atoms with van der Waals surface area (Å²) in [4.78, 5) is 19.1. The smallest absolute Gasteiger partial charge is 0.265 e. The van der Waals surface area contributed by atoms with Crippen molar-refractivity contribution in [1.82, 2.24) is 9.88 Å². The number of hydrogen-bond donors (Lipinski definition) is 1. The Morgan fingerprint density at radius 2 is 2.10 bits per heavy atom. The van der Waals surface area contributed by atoms with E-state index in [-0.39, 0.29) is 36.8 Å². The van der Waals surface area contributed by atoms with Crippen LogP contribution in [0.2, 0.25) is 0 Å². The largest absolute Gasteiger partial charge is 0.462 e. The number of halogens is 2. The van der Waals surface area contributed by atoms with Crippen LogP contribution in [-0.4, -0.2) is 34.9 Å².